The van der Waals surface area contributed by atoms with Gasteiger partial charge in [0.2, 0.25) is 15.9 Å². The molecule has 0 N–H and O–H groups in total. The number of aryl methyl sites for hydroxylation is 1. The molecule has 1 aliphatic heterocycles. The molecule has 2 aromatic rings. The summed E-state index contributed by atoms with van der Waals surface area (Å²) in [7, 11) is -3.57. The first-order valence-electron chi connectivity index (χ1n) is 13.2. The van der Waals surface area contributed by atoms with Crippen LogP contribution in [0.2, 0.25) is 0 Å². The Hall–Kier alpha value is -2.92. The molecule has 2 aromatic carbocycles. The van der Waals surface area contributed by atoms with Crippen molar-refractivity contribution in [3.63, 3.8) is 0 Å². The number of carbonyl (C=O) groups is 2. The fourth-order valence-corrected chi connectivity index (χ4v) is 5.91. The van der Waals surface area contributed by atoms with Gasteiger partial charge in [0.1, 0.15) is 0 Å². The molecule has 0 atom stereocenters. The molecule has 214 valence electrons. The number of sulfonamides is 1. The van der Waals surface area contributed by atoms with E-state index >= 15 is 0 Å². The van der Waals surface area contributed by atoms with Crippen LogP contribution in [0, 0.1) is 6.92 Å². The van der Waals surface area contributed by atoms with E-state index in [0.717, 1.165) is 23.3 Å². The minimum Gasteiger partial charge on any atom is -0.338 e. The predicted molar refractivity (Wildman–Crippen MR) is 143 cm³/mol. The lowest BCUT2D eigenvalue weighted by molar-refractivity contribution is -0.137. The third kappa shape index (κ3) is 7.82. The molecule has 2 amide bonds. The Morgan fingerprint density at radius 1 is 1.03 bits per heavy atom. The second kappa shape index (κ2) is 13.0. The number of hydrogen-bond donors (Lipinski definition) is 0. The van der Waals surface area contributed by atoms with Gasteiger partial charge in [0, 0.05) is 37.8 Å². The van der Waals surface area contributed by atoms with Crippen molar-refractivity contribution in [1.82, 2.24) is 14.1 Å². The molecule has 7 nitrogen and oxygen atoms in total. The minimum absolute atomic E-state index is 0.0314. The molecular formula is C28H36F3N3O4S. The van der Waals surface area contributed by atoms with E-state index in [4.69, 9.17) is 0 Å². The molecule has 0 bridgehead atoms. The maximum absolute atomic E-state index is 13.6. The van der Waals surface area contributed by atoms with E-state index in [1.807, 2.05) is 38.1 Å². The van der Waals surface area contributed by atoms with Crippen LogP contribution in [-0.2, 0) is 27.5 Å². The van der Waals surface area contributed by atoms with E-state index in [1.54, 1.807) is 11.8 Å². The Kier molecular flexibility index (Phi) is 10.2. The summed E-state index contributed by atoms with van der Waals surface area (Å²) in [5, 5.41) is 0. The molecular weight excluding hydrogens is 531 g/mol. The first-order chi connectivity index (χ1) is 18.4. The van der Waals surface area contributed by atoms with Gasteiger partial charge in [0.25, 0.3) is 5.91 Å². The van der Waals surface area contributed by atoms with Gasteiger partial charge in [-0.05, 0) is 62.4 Å². The first kappa shape index (κ1) is 30.6. The number of amides is 2. The van der Waals surface area contributed by atoms with Crippen LogP contribution in [0.3, 0.4) is 0 Å². The third-order valence-electron chi connectivity index (χ3n) is 7.09. The van der Waals surface area contributed by atoms with E-state index in [2.05, 4.69) is 0 Å². The summed E-state index contributed by atoms with van der Waals surface area (Å²) < 4.78 is 65.8. The highest BCUT2D eigenvalue weighted by Gasteiger charge is 2.34. The zero-order valence-electron chi connectivity index (χ0n) is 22.6. The Balaban J connectivity index is 1.79. The van der Waals surface area contributed by atoms with Gasteiger partial charge in [0.05, 0.1) is 17.9 Å². The molecule has 0 aromatic heterocycles. The fraction of sp³-hybridized carbons (Fsp3) is 0.500. The summed E-state index contributed by atoms with van der Waals surface area (Å²) in [6.45, 7) is 6.15. The maximum atomic E-state index is 13.6. The Bertz CT molecular complexity index is 1260. The van der Waals surface area contributed by atoms with Crippen molar-refractivity contribution < 1.29 is 31.2 Å². The van der Waals surface area contributed by atoms with E-state index in [-0.39, 0.29) is 49.4 Å². The largest absolute Gasteiger partial charge is 0.416 e. The van der Waals surface area contributed by atoms with Gasteiger partial charge in [0.15, 0.2) is 0 Å². The molecule has 1 fully saturated rings. The van der Waals surface area contributed by atoms with Crippen LogP contribution in [0.5, 0.6) is 0 Å². The normalized spacial score (nSPS) is 15.0. The molecule has 0 radical (unpaired) electrons. The first-order valence-corrected chi connectivity index (χ1v) is 14.8. The summed E-state index contributed by atoms with van der Waals surface area (Å²) in [5.74, 6) is -0.903. The second-order valence-electron chi connectivity index (χ2n) is 9.78. The third-order valence-corrected chi connectivity index (χ3v) is 8.92. The van der Waals surface area contributed by atoms with Crippen molar-refractivity contribution in [3.05, 3.63) is 70.8 Å². The molecule has 0 aliphatic carbocycles. The number of piperidine rings is 1. The van der Waals surface area contributed by atoms with Crippen molar-refractivity contribution in [3.8, 4) is 0 Å². The fourth-order valence-electron chi connectivity index (χ4n) is 4.77. The molecule has 0 saturated carbocycles. The lowest BCUT2D eigenvalue weighted by Gasteiger charge is -2.39. The van der Waals surface area contributed by atoms with Crippen LogP contribution in [-0.4, -0.2) is 72.3 Å². The molecule has 1 saturated heterocycles. The lowest BCUT2D eigenvalue weighted by atomic mass is 9.99. The van der Waals surface area contributed by atoms with Gasteiger partial charge in [-0.2, -0.15) is 17.5 Å². The monoisotopic (exact) mass is 567 g/mol. The highest BCUT2D eigenvalue weighted by Crippen LogP contribution is 2.30. The average Bonchev–Trinajstić information content (AvgIpc) is 2.91. The zero-order valence-corrected chi connectivity index (χ0v) is 23.4. The summed E-state index contributed by atoms with van der Waals surface area (Å²) in [6.07, 6.45) is -3.12. The number of halogens is 3. The van der Waals surface area contributed by atoms with Crippen LogP contribution in [0.15, 0.2) is 48.5 Å². The van der Waals surface area contributed by atoms with Crippen LogP contribution < -0.4 is 0 Å². The molecule has 0 unspecified atom stereocenters. The van der Waals surface area contributed by atoms with Crippen LogP contribution in [0.4, 0.5) is 13.2 Å². The van der Waals surface area contributed by atoms with Gasteiger partial charge in [-0.1, -0.05) is 37.3 Å². The number of rotatable bonds is 10. The van der Waals surface area contributed by atoms with E-state index in [9.17, 15) is 31.2 Å². The van der Waals surface area contributed by atoms with Gasteiger partial charge >= 0.3 is 6.18 Å². The number of hydrogen-bond acceptors (Lipinski definition) is 4. The topological polar surface area (TPSA) is 78.0 Å². The molecule has 0 spiro atoms. The van der Waals surface area contributed by atoms with E-state index < -0.39 is 27.7 Å². The van der Waals surface area contributed by atoms with Crippen molar-refractivity contribution in [1.29, 1.82) is 0 Å². The summed E-state index contributed by atoms with van der Waals surface area (Å²) in [4.78, 5) is 29.8. The highest BCUT2D eigenvalue weighted by molar-refractivity contribution is 7.89. The Labute approximate surface area is 228 Å². The molecule has 11 heteroatoms. The van der Waals surface area contributed by atoms with Gasteiger partial charge in [-0.25, -0.2) is 8.42 Å². The number of benzene rings is 2. The predicted octanol–water partition coefficient (Wildman–Crippen LogP) is 4.71. The number of carbonyl (C=O) groups excluding carboxylic acids is 2. The summed E-state index contributed by atoms with van der Waals surface area (Å²) in [6, 6.07) is 11.8. The quantitative estimate of drug-likeness (QED) is 0.417. The van der Waals surface area contributed by atoms with Gasteiger partial charge < -0.3 is 9.80 Å². The van der Waals surface area contributed by atoms with Crippen LogP contribution >= 0.6 is 0 Å². The van der Waals surface area contributed by atoms with Crippen LogP contribution in [0.1, 0.15) is 60.2 Å². The molecule has 1 aliphatic rings. The van der Waals surface area contributed by atoms with Crippen LogP contribution in [0.25, 0.3) is 0 Å². The van der Waals surface area contributed by atoms with Crippen molar-refractivity contribution in [2.75, 3.05) is 31.9 Å². The smallest absolute Gasteiger partial charge is 0.338 e. The van der Waals surface area contributed by atoms with Gasteiger partial charge in [-0.3, -0.25) is 9.59 Å². The Morgan fingerprint density at radius 2 is 1.69 bits per heavy atom. The van der Waals surface area contributed by atoms with E-state index in [1.165, 1.54) is 21.3 Å². The average molecular weight is 568 g/mol. The zero-order chi connectivity index (χ0) is 28.8. The number of likely N-dealkylation sites (tertiary alicyclic amines) is 1. The summed E-state index contributed by atoms with van der Waals surface area (Å²) >= 11 is 0. The minimum atomic E-state index is -4.55. The maximum Gasteiger partial charge on any atom is 0.416 e. The molecule has 1 heterocycles. The SMILES string of the molecule is CCCN(CC(=O)N(Cc1ccccc1C)C1CCN(C(=O)c2cccc(C(F)(F)F)c2)CC1)S(=O)(=O)CC. The summed E-state index contributed by atoms with van der Waals surface area (Å²) in [5.41, 5.74) is 1.03. The van der Waals surface area contributed by atoms with Crippen molar-refractivity contribution in [2.24, 2.45) is 0 Å². The number of alkyl halides is 3. The molecule has 3 rings (SSSR count). The van der Waals surface area contributed by atoms with E-state index in [0.29, 0.717) is 25.8 Å². The van der Waals surface area contributed by atoms with Crippen molar-refractivity contribution >= 4 is 21.8 Å². The second-order valence-corrected chi connectivity index (χ2v) is 12.0. The number of nitrogens with zero attached hydrogens (tertiary/aromatic N) is 3. The molecule has 39 heavy (non-hydrogen) atoms. The lowest BCUT2D eigenvalue weighted by Crippen LogP contribution is -2.51. The highest BCUT2D eigenvalue weighted by atomic mass is 32.2. The van der Waals surface area contributed by atoms with Gasteiger partial charge in [-0.15, -0.1) is 0 Å². The standard InChI is InChI=1S/C28H36F3N3O4S/c1-4-15-33(39(37,38)5-2)20-26(35)34(19-23-10-7-6-9-21(23)3)25-13-16-32(17-14-25)27(36)22-11-8-12-24(18-22)28(29,30)31/h6-12,18,25H,4-5,13-17,19-20H2,1-3H3. The Morgan fingerprint density at radius 3 is 2.28 bits per heavy atom. The van der Waals surface area contributed by atoms with Crippen molar-refractivity contribution in [2.45, 2.75) is 58.8 Å².